The van der Waals surface area contributed by atoms with Gasteiger partial charge < -0.3 is 24.3 Å². The average Bonchev–Trinajstić information content (AvgIpc) is 3.07. The molecule has 0 aliphatic carbocycles. The highest BCUT2D eigenvalue weighted by Crippen LogP contribution is 2.30. The molecule has 1 N–H and O–H groups in total. The van der Waals surface area contributed by atoms with Gasteiger partial charge in [0, 0.05) is 5.69 Å². The Bertz CT molecular complexity index is 930. The molecule has 7 nitrogen and oxygen atoms in total. The summed E-state index contributed by atoms with van der Waals surface area (Å²) in [4.78, 5) is 24.5. The van der Waals surface area contributed by atoms with Crippen LogP contribution in [0.25, 0.3) is 0 Å². The Hall–Kier alpha value is -3.62. The SMILES string of the molecule is COc1cc(COC(=O)C2=C(Nc3ccccc3)OCC2=O)ccc1OC(F)F. The van der Waals surface area contributed by atoms with E-state index in [0.29, 0.717) is 11.3 Å². The van der Waals surface area contributed by atoms with E-state index in [1.165, 1.54) is 25.3 Å². The molecule has 0 fully saturated rings. The fraction of sp³-hybridized carbons (Fsp3) is 0.200. The van der Waals surface area contributed by atoms with E-state index in [2.05, 4.69) is 10.1 Å². The van der Waals surface area contributed by atoms with E-state index in [1.54, 1.807) is 24.3 Å². The molecule has 2 aromatic rings. The summed E-state index contributed by atoms with van der Waals surface area (Å²) in [6.45, 7) is -3.48. The lowest BCUT2D eigenvalue weighted by Crippen LogP contribution is -2.16. The molecule has 1 aliphatic heterocycles. The maximum atomic E-state index is 12.4. The Morgan fingerprint density at radius 2 is 1.93 bits per heavy atom. The summed E-state index contributed by atoms with van der Waals surface area (Å²) in [7, 11) is 1.30. The van der Waals surface area contributed by atoms with E-state index < -0.39 is 18.4 Å². The van der Waals surface area contributed by atoms with Gasteiger partial charge in [0.2, 0.25) is 11.7 Å². The summed E-state index contributed by atoms with van der Waals surface area (Å²) in [5.41, 5.74) is 0.877. The van der Waals surface area contributed by atoms with Gasteiger partial charge >= 0.3 is 12.6 Å². The van der Waals surface area contributed by atoms with Crippen LogP contribution in [-0.4, -0.2) is 32.1 Å². The maximum absolute atomic E-state index is 12.4. The van der Waals surface area contributed by atoms with Gasteiger partial charge in [0.15, 0.2) is 23.7 Å². The number of anilines is 1. The van der Waals surface area contributed by atoms with Gasteiger partial charge in [0.1, 0.15) is 6.61 Å². The number of benzene rings is 2. The van der Waals surface area contributed by atoms with Gasteiger partial charge in [0.25, 0.3) is 0 Å². The minimum Gasteiger partial charge on any atom is -0.493 e. The largest absolute Gasteiger partial charge is 0.493 e. The first-order valence-electron chi connectivity index (χ1n) is 8.49. The molecule has 29 heavy (non-hydrogen) atoms. The molecule has 0 aromatic heterocycles. The van der Waals surface area contributed by atoms with Crippen molar-refractivity contribution in [1.82, 2.24) is 0 Å². The number of hydrogen-bond donors (Lipinski definition) is 1. The van der Waals surface area contributed by atoms with E-state index in [4.69, 9.17) is 14.2 Å². The number of ketones is 1. The van der Waals surface area contributed by atoms with Crippen molar-refractivity contribution in [1.29, 1.82) is 0 Å². The van der Waals surface area contributed by atoms with E-state index in [9.17, 15) is 18.4 Å². The van der Waals surface area contributed by atoms with E-state index in [0.717, 1.165) is 0 Å². The standard InChI is InChI=1S/C20H17F2NO6/c1-26-16-9-12(7-8-15(16)29-20(21)22)10-28-19(25)17-14(24)11-27-18(17)23-13-5-3-2-4-6-13/h2-9,20,23H,10-11H2,1H3. The third kappa shape index (κ3) is 5.01. The number of rotatable bonds is 8. The second-order valence-corrected chi connectivity index (χ2v) is 5.85. The zero-order valence-electron chi connectivity index (χ0n) is 15.3. The number of carbonyl (C=O) groups excluding carboxylic acids is 2. The van der Waals surface area contributed by atoms with Crippen LogP contribution in [0, 0.1) is 0 Å². The van der Waals surface area contributed by atoms with Gasteiger partial charge in [-0.05, 0) is 29.8 Å². The Balaban J connectivity index is 1.70. The molecule has 2 aromatic carbocycles. The molecular weight excluding hydrogens is 388 g/mol. The summed E-state index contributed by atoms with van der Waals surface area (Å²) in [6, 6.07) is 13.0. The molecule has 0 saturated heterocycles. The van der Waals surface area contributed by atoms with Crippen molar-refractivity contribution >= 4 is 17.4 Å². The molecule has 0 spiro atoms. The van der Waals surface area contributed by atoms with Crippen LogP contribution >= 0.6 is 0 Å². The summed E-state index contributed by atoms with van der Waals surface area (Å²) in [5, 5.41) is 2.87. The van der Waals surface area contributed by atoms with Gasteiger partial charge in [0.05, 0.1) is 7.11 Å². The van der Waals surface area contributed by atoms with Crippen LogP contribution in [0.4, 0.5) is 14.5 Å². The maximum Gasteiger partial charge on any atom is 0.387 e. The van der Waals surface area contributed by atoms with Crippen molar-refractivity contribution in [2.75, 3.05) is 19.0 Å². The minimum atomic E-state index is -3.00. The molecule has 1 aliphatic rings. The Morgan fingerprint density at radius 3 is 2.62 bits per heavy atom. The van der Waals surface area contributed by atoms with E-state index in [-0.39, 0.29) is 36.2 Å². The number of nitrogens with one attached hydrogen (secondary N) is 1. The van der Waals surface area contributed by atoms with Gasteiger partial charge in [-0.3, -0.25) is 4.79 Å². The quantitative estimate of drug-likeness (QED) is 0.533. The number of esters is 1. The number of Topliss-reactive ketones (excluding diaryl/α,β-unsaturated/α-hetero) is 1. The van der Waals surface area contributed by atoms with Crippen LogP contribution < -0.4 is 14.8 Å². The lowest BCUT2D eigenvalue weighted by Gasteiger charge is -2.12. The van der Waals surface area contributed by atoms with Crippen LogP contribution in [0.1, 0.15) is 5.56 Å². The molecule has 0 atom stereocenters. The third-order valence-electron chi connectivity index (χ3n) is 3.90. The average molecular weight is 405 g/mol. The Morgan fingerprint density at radius 1 is 1.17 bits per heavy atom. The Kier molecular flexibility index (Phi) is 6.28. The van der Waals surface area contributed by atoms with Crippen molar-refractivity contribution in [3.63, 3.8) is 0 Å². The normalized spacial score (nSPS) is 13.3. The third-order valence-corrected chi connectivity index (χ3v) is 3.90. The summed E-state index contributed by atoms with van der Waals surface area (Å²) >= 11 is 0. The zero-order valence-corrected chi connectivity index (χ0v) is 15.3. The van der Waals surface area contributed by atoms with Crippen LogP contribution in [0.3, 0.4) is 0 Å². The molecular formula is C20H17F2NO6. The van der Waals surface area contributed by atoms with Crippen LogP contribution in [-0.2, 0) is 25.7 Å². The first-order chi connectivity index (χ1) is 14.0. The van der Waals surface area contributed by atoms with Crippen LogP contribution in [0.2, 0.25) is 0 Å². The zero-order chi connectivity index (χ0) is 20.8. The topological polar surface area (TPSA) is 83.1 Å². The Labute approximate surface area is 164 Å². The number of para-hydroxylation sites is 1. The molecule has 0 saturated carbocycles. The number of carbonyl (C=O) groups is 2. The molecule has 0 amide bonds. The van der Waals surface area contributed by atoms with Crippen molar-refractivity contribution in [3.05, 3.63) is 65.6 Å². The highest BCUT2D eigenvalue weighted by molar-refractivity contribution is 6.19. The second kappa shape index (κ2) is 9.05. The van der Waals surface area contributed by atoms with Gasteiger partial charge in [-0.2, -0.15) is 8.78 Å². The minimum absolute atomic E-state index is 0.0180. The lowest BCUT2D eigenvalue weighted by atomic mass is 10.2. The number of halogens is 2. The predicted molar refractivity (Wildman–Crippen MR) is 97.5 cm³/mol. The first kappa shape index (κ1) is 20.1. The van der Waals surface area contributed by atoms with Gasteiger partial charge in [-0.25, -0.2) is 4.79 Å². The van der Waals surface area contributed by atoms with E-state index >= 15 is 0 Å². The van der Waals surface area contributed by atoms with Crippen molar-refractivity contribution in [3.8, 4) is 11.5 Å². The highest BCUT2D eigenvalue weighted by atomic mass is 19.3. The fourth-order valence-corrected chi connectivity index (χ4v) is 2.58. The summed E-state index contributed by atoms with van der Waals surface area (Å²) in [5.74, 6) is -1.44. The van der Waals surface area contributed by atoms with Crippen molar-refractivity contribution < 1.29 is 37.3 Å². The molecule has 0 radical (unpaired) electrons. The summed E-state index contributed by atoms with van der Waals surface area (Å²) < 4.78 is 44.6. The number of methoxy groups -OCH3 is 1. The molecule has 0 unspecified atom stereocenters. The predicted octanol–water partition coefficient (Wildman–Crippen LogP) is 3.26. The van der Waals surface area contributed by atoms with Crippen molar-refractivity contribution in [2.45, 2.75) is 13.2 Å². The monoisotopic (exact) mass is 405 g/mol. The van der Waals surface area contributed by atoms with Crippen LogP contribution in [0.5, 0.6) is 11.5 Å². The second-order valence-electron chi connectivity index (χ2n) is 5.85. The van der Waals surface area contributed by atoms with E-state index in [1.807, 2.05) is 6.07 Å². The number of hydrogen-bond acceptors (Lipinski definition) is 7. The first-order valence-corrected chi connectivity index (χ1v) is 8.49. The highest BCUT2D eigenvalue weighted by Gasteiger charge is 2.32. The molecule has 3 rings (SSSR count). The smallest absolute Gasteiger partial charge is 0.387 e. The van der Waals surface area contributed by atoms with Gasteiger partial charge in [-0.15, -0.1) is 0 Å². The molecule has 1 heterocycles. The molecule has 9 heteroatoms. The van der Waals surface area contributed by atoms with Crippen molar-refractivity contribution in [2.24, 2.45) is 0 Å². The van der Waals surface area contributed by atoms with Crippen LogP contribution in [0.15, 0.2) is 60.0 Å². The number of alkyl halides is 2. The number of ether oxygens (including phenoxy) is 4. The van der Waals surface area contributed by atoms with Gasteiger partial charge in [-0.1, -0.05) is 24.3 Å². The lowest BCUT2D eigenvalue weighted by molar-refractivity contribution is -0.141. The molecule has 0 bridgehead atoms. The summed E-state index contributed by atoms with van der Waals surface area (Å²) in [6.07, 6.45) is 0. The fourth-order valence-electron chi connectivity index (χ4n) is 2.58. The molecule has 152 valence electrons.